The Hall–Kier alpha value is -2.70. The van der Waals surface area contributed by atoms with E-state index in [1.807, 2.05) is 0 Å². The number of H-pyrrole nitrogens is 1. The molecule has 0 saturated carbocycles. The lowest BCUT2D eigenvalue weighted by Gasteiger charge is -2.07. The van der Waals surface area contributed by atoms with Crippen molar-refractivity contribution < 1.29 is 26.3 Å². The van der Waals surface area contributed by atoms with E-state index in [9.17, 15) is 26.3 Å². The van der Waals surface area contributed by atoms with Crippen LogP contribution in [0.4, 0.5) is 26.3 Å². The highest BCUT2D eigenvalue weighted by atomic mass is 19.4. The second kappa shape index (κ2) is 5.98. The van der Waals surface area contributed by atoms with E-state index < -0.39 is 23.5 Å². The third-order valence-electron chi connectivity index (χ3n) is 3.75. The Bertz CT molecular complexity index is 782. The Morgan fingerprint density at radius 3 is 1.44 bits per heavy atom. The van der Waals surface area contributed by atoms with E-state index in [-0.39, 0.29) is 0 Å². The van der Waals surface area contributed by atoms with E-state index in [2.05, 4.69) is 4.98 Å². The van der Waals surface area contributed by atoms with Crippen LogP contribution in [0.25, 0.3) is 22.4 Å². The van der Waals surface area contributed by atoms with Crippen molar-refractivity contribution in [3.63, 3.8) is 0 Å². The van der Waals surface area contributed by atoms with Gasteiger partial charge in [0, 0.05) is 11.9 Å². The van der Waals surface area contributed by atoms with Gasteiger partial charge >= 0.3 is 12.4 Å². The first-order valence-electron chi connectivity index (χ1n) is 7.18. The van der Waals surface area contributed by atoms with E-state index in [4.69, 9.17) is 0 Å². The Balaban J connectivity index is 1.85. The average Bonchev–Trinajstić information content (AvgIpc) is 3.03. The average molecular weight is 355 g/mol. The van der Waals surface area contributed by atoms with Gasteiger partial charge in [0.1, 0.15) is 0 Å². The van der Waals surface area contributed by atoms with Gasteiger partial charge in [0.25, 0.3) is 0 Å². The summed E-state index contributed by atoms with van der Waals surface area (Å²) in [5.74, 6) is 0. The zero-order valence-corrected chi connectivity index (χ0v) is 12.5. The van der Waals surface area contributed by atoms with Crippen molar-refractivity contribution in [1.82, 2.24) is 4.98 Å². The highest BCUT2D eigenvalue weighted by molar-refractivity contribution is 5.71. The highest BCUT2D eigenvalue weighted by Crippen LogP contribution is 2.33. The van der Waals surface area contributed by atoms with Gasteiger partial charge in [0.05, 0.1) is 11.1 Å². The van der Waals surface area contributed by atoms with Crippen LogP contribution >= 0.6 is 0 Å². The van der Waals surface area contributed by atoms with Gasteiger partial charge in [-0.1, -0.05) is 24.3 Å². The minimum Gasteiger partial charge on any atom is -0.361 e. The van der Waals surface area contributed by atoms with E-state index in [0.29, 0.717) is 22.4 Å². The quantitative estimate of drug-likeness (QED) is 0.513. The van der Waals surface area contributed by atoms with Crippen LogP contribution in [0.3, 0.4) is 0 Å². The lowest BCUT2D eigenvalue weighted by atomic mass is 10.0. The van der Waals surface area contributed by atoms with Crippen LogP contribution < -0.4 is 0 Å². The Morgan fingerprint density at radius 2 is 1.00 bits per heavy atom. The summed E-state index contributed by atoms with van der Waals surface area (Å²) in [6.45, 7) is 0. The van der Waals surface area contributed by atoms with Crippen LogP contribution in [-0.2, 0) is 12.4 Å². The summed E-state index contributed by atoms with van der Waals surface area (Å²) in [7, 11) is 0. The van der Waals surface area contributed by atoms with E-state index >= 15 is 0 Å². The topological polar surface area (TPSA) is 15.8 Å². The van der Waals surface area contributed by atoms with Crippen LogP contribution in [0.1, 0.15) is 11.1 Å². The van der Waals surface area contributed by atoms with Crippen LogP contribution in [0.15, 0.2) is 60.8 Å². The fraction of sp³-hybridized carbons (Fsp3) is 0.111. The summed E-state index contributed by atoms with van der Waals surface area (Å²) in [6, 6.07) is 11.0. The molecule has 0 aliphatic carbocycles. The summed E-state index contributed by atoms with van der Waals surface area (Å²) in [5, 5.41) is 0. The zero-order valence-electron chi connectivity index (χ0n) is 12.5. The fourth-order valence-electron chi connectivity index (χ4n) is 2.42. The molecule has 2 aromatic carbocycles. The number of hydrogen-bond donors (Lipinski definition) is 1. The molecule has 3 rings (SSSR count). The smallest absolute Gasteiger partial charge is 0.361 e. The van der Waals surface area contributed by atoms with Crippen LogP contribution in [0, 0.1) is 0 Å². The van der Waals surface area contributed by atoms with Gasteiger partial charge in [0.15, 0.2) is 0 Å². The molecule has 0 aliphatic heterocycles. The first-order valence-corrected chi connectivity index (χ1v) is 7.18. The predicted octanol–water partition coefficient (Wildman–Crippen LogP) is 6.39. The molecule has 0 spiro atoms. The lowest BCUT2D eigenvalue weighted by molar-refractivity contribution is -0.138. The summed E-state index contributed by atoms with van der Waals surface area (Å²) in [5.41, 5.74) is 0.848. The number of aromatic amines is 1. The molecule has 0 amide bonds. The van der Waals surface area contributed by atoms with Crippen molar-refractivity contribution in [2.24, 2.45) is 0 Å². The number of alkyl halides is 6. The molecule has 0 atom stereocenters. The predicted molar refractivity (Wildman–Crippen MR) is 81.7 cm³/mol. The van der Waals surface area contributed by atoms with Crippen molar-refractivity contribution in [2.45, 2.75) is 12.4 Å². The summed E-state index contributed by atoms with van der Waals surface area (Å²) >= 11 is 0. The molecule has 0 radical (unpaired) electrons. The number of halogens is 6. The van der Waals surface area contributed by atoms with Crippen molar-refractivity contribution in [3.05, 3.63) is 71.9 Å². The number of benzene rings is 2. The summed E-state index contributed by atoms with van der Waals surface area (Å²) in [4.78, 5) is 2.92. The lowest BCUT2D eigenvalue weighted by Crippen LogP contribution is -2.03. The maximum absolute atomic E-state index is 12.6. The van der Waals surface area contributed by atoms with E-state index in [0.717, 1.165) is 24.3 Å². The zero-order chi connectivity index (χ0) is 18.2. The molecule has 25 heavy (non-hydrogen) atoms. The summed E-state index contributed by atoms with van der Waals surface area (Å²) in [6.07, 6.45) is -7.21. The van der Waals surface area contributed by atoms with Crippen molar-refractivity contribution in [1.29, 1.82) is 0 Å². The Labute approximate surface area is 138 Å². The van der Waals surface area contributed by atoms with E-state index in [1.165, 1.54) is 24.3 Å². The van der Waals surface area contributed by atoms with Gasteiger partial charge < -0.3 is 4.98 Å². The molecule has 0 saturated heterocycles. The van der Waals surface area contributed by atoms with Gasteiger partial charge in [-0.05, 0) is 47.0 Å². The third kappa shape index (κ3) is 3.70. The third-order valence-corrected chi connectivity index (χ3v) is 3.75. The van der Waals surface area contributed by atoms with E-state index in [1.54, 1.807) is 12.3 Å². The normalized spacial score (nSPS) is 12.4. The SMILES string of the molecule is FC(F)(F)c1ccc(-c2c[nH]c(-c3ccc(C(F)(F)F)cc3)c2)cc1. The fourth-order valence-corrected chi connectivity index (χ4v) is 2.42. The number of aromatic nitrogens is 1. The molecule has 0 aliphatic rings. The second-order valence-corrected chi connectivity index (χ2v) is 5.45. The van der Waals surface area contributed by atoms with Crippen LogP contribution in [-0.4, -0.2) is 4.98 Å². The standard InChI is InChI=1S/C18H11F6N/c19-17(20,21)14-5-1-11(2-6-14)13-9-16(25-10-13)12-3-7-15(8-4-12)18(22,23)24/h1-10,25H. The minimum absolute atomic E-state index is 0.547. The van der Waals surface area contributed by atoms with Gasteiger partial charge in [-0.15, -0.1) is 0 Å². The van der Waals surface area contributed by atoms with Gasteiger partial charge in [-0.3, -0.25) is 0 Å². The molecule has 1 N–H and O–H groups in total. The first-order chi connectivity index (χ1) is 11.6. The first kappa shape index (κ1) is 17.1. The molecule has 0 fully saturated rings. The Morgan fingerprint density at radius 1 is 0.560 bits per heavy atom. The maximum atomic E-state index is 12.6. The molecule has 0 unspecified atom stereocenters. The van der Waals surface area contributed by atoms with Crippen molar-refractivity contribution in [2.75, 3.05) is 0 Å². The molecule has 1 heterocycles. The second-order valence-electron chi connectivity index (χ2n) is 5.45. The van der Waals surface area contributed by atoms with Crippen molar-refractivity contribution in [3.8, 4) is 22.4 Å². The summed E-state index contributed by atoms with van der Waals surface area (Å²) < 4.78 is 75.5. The molecule has 1 nitrogen and oxygen atoms in total. The molecular formula is C18H11F6N. The Kier molecular flexibility index (Phi) is 4.10. The molecule has 7 heteroatoms. The molecule has 1 aromatic heterocycles. The minimum atomic E-state index is -4.40. The number of rotatable bonds is 2. The van der Waals surface area contributed by atoms with Gasteiger partial charge in [-0.25, -0.2) is 0 Å². The van der Waals surface area contributed by atoms with Crippen LogP contribution in [0.5, 0.6) is 0 Å². The van der Waals surface area contributed by atoms with Crippen LogP contribution in [0.2, 0.25) is 0 Å². The van der Waals surface area contributed by atoms with Crippen molar-refractivity contribution >= 4 is 0 Å². The molecule has 0 bridgehead atoms. The number of hydrogen-bond acceptors (Lipinski definition) is 0. The highest BCUT2D eigenvalue weighted by Gasteiger charge is 2.30. The largest absolute Gasteiger partial charge is 0.416 e. The maximum Gasteiger partial charge on any atom is 0.416 e. The molecular weight excluding hydrogens is 344 g/mol. The monoisotopic (exact) mass is 355 g/mol. The number of nitrogens with one attached hydrogen (secondary N) is 1. The van der Waals surface area contributed by atoms with Gasteiger partial charge in [0.2, 0.25) is 0 Å². The molecule has 3 aromatic rings. The molecule has 130 valence electrons. The van der Waals surface area contributed by atoms with Gasteiger partial charge in [-0.2, -0.15) is 26.3 Å².